The highest BCUT2D eigenvalue weighted by Crippen LogP contribution is 2.24. The Morgan fingerprint density at radius 1 is 1.20 bits per heavy atom. The van der Waals surface area contributed by atoms with Crippen LogP contribution in [0, 0.1) is 19.8 Å². The van der Waals surface area contributed by atoms with Gasteiger partial charge in [0.1, 0.15) is 0 Å². The van der Waals surface area contributed by atoms with E-state index in [4.69, 9.17) is 0 Å². The van der Waals surface area contributed by atoms with Crippen molar-refractivity contribution < 1.29 is 10.2 Å². The molecule has 0 bridgehead atoms. The lowest BCUT2D eigenvalue weighted by Gasteiger charge is -2.34. The molecule has 2 N–H and O–H groups in total. The molecule has 1 aliphatic heterocycles. The normalized spacial score (nSPS) is 20.9. The minimum atomic E-state index is -0.419. The van der Waals surface area contributed by atoms with E-state index in [0.717, 1.165) is 37.1 Å². The van der Waals surface area contributed by atoms with Gasteiger partial charge in [0, 0.05) is 6.54 Å². The molecular formula is C17H27NO2. The summed E-state index contributed by atoms with van der Waals surface area (Å²) in [5.41, 5.74) is 3.39. The predicted octanol–water partition coefficient (Wildman–Crippen LogP) is 2.43. The summed E-state index contributed by atoms with van der Waals surface area (Å²) in [4.78, 5) is 2.31. The largest absolute Gasteiger partial charge is 0.393 e. The van der Waals surface area contributed by atoms with Gasteiger partial charge in [0.25, 0.3) is 0 Å². The number of hydrogen-bond donors (Lipinski definition) is 2. The van der Waals surface area contributed by atoms with Crippen molar-refractivity contribution in [2.75, 3.05) is 19.6 Å². The SMILES string of the molecule is Cc1ccc(C)c([C@@H](O)CN2CCC([C@@H](C)O)CC2)c1. The van der Waals surface area contributed by atoms with Crippen molar-refractivity contribution in [3.05, 3.63) is 34.9 Å². The number of aliphatic hydroxyl groups excluding tert-OH is 2. The van der Waals surface area contributed by atoms with Gasteiger partial charge in [-0.1, -0.05) is 23.8 Å². The van der Waals surface area contributed by atoms with Crippen LogP contribution in [0.15, 0.2) is 18.2 Å². The van der Waals surface area contributed by atoms with Gasteiger partial charge in [0.15, 0.2) is 0 Å². The Morgan fingerprint density at radius 2 is 1.85 bits per heavy atom. The van der Waals surface area contributed by atoms with E-state index in [9.17, 15) is 10.2 Å². The molecule has 0 aromatic heterocycles. The summed E-state index contributed by atoms with van der Waals surface area (Å²) in [5.74, 6) is 0.420. The molecule has 1 saturated heterocycles. The third-order valence-corrected chi connectivity index (χ3v) is 4.54. The van der Waals surface area contributed by atoms with Crippen molar-refractivity contribution in [2.45, 2.75) is 45.8 Å². The van der Waals surface area contributed by atoms with Crippen molar-refractivity contribution >= 4 is 0 Å². The smallest absolute Gasteiger partial charge is 0.0919 e. The van der Waals surface area contributed by atoms with Crippen molar-refractivity contribution in [3.8, 4) is 0 Å². The van der Waals surface area contributed by atoms with Gasteiger partial charge in [-0.15, -0.1) is 0 Å². The lowest BCUT2D eigenvalue weighted by atomic mass is 9.91. The van der Waals surface area contributed by atoms with Gasteiger partial charge in [-0.25, -0.2) is 0 Å². The maximum atomic E-state index is 10.5. The van der Waals surface area contributed by atoms with Gasteiger partial charge in [-0.05, 0) is 63.7 Å². The fourth-order valence-electron chi connectivity index (χ4n) is 3.08. The highest BCUT2D eigenvalue weighted by molar-refractivity contribution is 5.32. The number of nitrogens with zero attached hydrogens (tertiary/aromatic N) is 1. The quantitative estimate of drug-likeness (QED) is 0.888. The lowest BCUT2D eigenvalue weighted by Crippen LogP contribution is -2.39. The highest BCUT2D eigenvalue weighted by Gasteiger charge is 2.24. The average molecular weight is 277 g/mol. The molecule has 1 heterocycles. The summed E-state index contributed by atoms with van der Waals surface area (Å²) in [5, 5.41) is 20.1. The molecule has 112 valence electrons. The third kappa shape index (κ3) is 3.81. The summed E-state index contributed by atoms with van der Waals surface area (Å²) in [7, 11) is 0. The first kappa shape index (κ1) is 15.5. The van der Waals surface area contributed by atoms with Crippen molar-refractivity contribution in [1.82, 2.24) is 4.90 Å². The molecule has 1 fully saturated rings. The Balaban J connectivity index is 1.92. The van der Waals surface area contributed by atoms with Crippen LogP contribution in [0.1, 0.15) is 42.6 Å². The summed E-state index contributed by atoms with van der Waals surface area (Å²) >= 11 is 0. The van der Waals surface area contributed by atoms with Crippen LogP contribution in [-0.4, -0.2) is 40.9 Å². The molecule has 1 aromatic carbocycles. The zero-order valence-electron chi connectivity index (χ0n) is 12.8. The van der Waals surface area contributed by atoms with Crippen LogP contribution in [0.25, 0.3) is 0 Å². The van der Waals surface area contributed by atoms with E-state index in [1.54, 1.807) is 0 Å². The molecule has 20 heavy (non-hydrogen) atoms. The van der Waals surface area contributed by atoms with E-state index in [1.165, 1.54) is 5.56 Å². The number of aryl methyl sites for hydroxylation is 2. The molecule has 0 spiro atoms. The number of β-amino-alcohol motifs (C(OH)–C–C–N with tert-alkyl or cyclic N) is 1. The van der Waals surface area contributed by atoms with E-state index in [-0.39, 0.29) is 6.10 Å². The second kappa shape index (κ2) is 6.70. The summed E-state index contributed by atoms with van der Waals surface area (Å²) < 4.78 is 0. The number of benzene rings is 1. The second-order valence-corrected chi connectivity index (χ2v) is 6.25. The molecule has 0 aliphatic carbocycles. The molecule has 3 heteroatoms. The molecular weight excluding hydrogens is 250 g/mol. The van der Waals surface area contributed by atoms with Gasteiger partial charge in [-0.2, -0.15) is 0 Å². The van der Waals surface area contributed by atoms with E-state index in [2.05, 4.69) is 36.9 Å². The van der Waals surface area contributed by atoms with E-state index in [0.29, 0.717) is 12.5 Å². The van der Waals surface area contributed by atoms with Gasteiger partial charge in [0.2, 0.25) is 0 Å². The topological polar surface area (TPSA) is 43.7 Å². The zero-order valence-corrected chi connectivity index (χ0v) is 12.8. The minimum Gasteiger partial charge on any atom is -0.393 e. The molecule has 1 aliphatic rings. The maximum absolute atomic E-state index is 10.5. The Bertz CT molecular complexity index is 437. The van der Waals surface area contributed by atoms with Crippen LogP contribution in [0.4, 0.5) is 0 Å². The molecule has 2 atom stereocenters. The monoisotopic (exact) mass is 277 g/mol. The number of rotatable bonds is 4. The third-order valence-electron chi connectivity index (χ3n) is 4.54. The Labute approximate surface area is 122 Å². The fraction of sp³-hybridized carbons (Fsp3) is 0.647. The molecule has 0 unspecified atom stereocenters. The van der Waals surface area contributed by atoms with Gasteiger partial charge >= 0.3 is 0 Å². The van der Waals surface area contributed by atoms with Crippen LogP contribution in [0.2, 0.25) is 0 Å². The Hall–Kier alpha value is -0.900. The minimum absolute atomic E-state index is 0.207. The van der Waals surface area contributed by atoms with E-state index in [1.807, 2.05) is 6.92 Å². The van der Waals surface area contributed by atoms with Crippen LogP contribution >= 0.6 is 0 Å². The molecule has 3 nitrogen and oxygen atoms in total. The van der Waals surface area contributed by atoms with Crippen LogP contribution in [-0.2, 0) is 0 Å². The Kier molecular flexibility index (Phi) is 5.19. The number of hydrogen-bond acceptors (Lipinski definition) is 3. The standard InChI is InChI=1S/C17H27NO2/c1-12-4-5-13(2)16(10-12)17(20)11-18-8-6-15(7-9-18)14(3)19/h4-5,10,14-15,17,19-20H,6-9,11H2,1-3H3/t14-,17+/m1/s1. The molecule has 0 amide bonds. The van der Waals surface area contributed by atoms with E-state index < -0.39 is 6.10 Å². The number of likely N-dealkylation sites (tertiary alicyclic amines) is 1. The molecule has 0 saturated carbocycles. The fourth-order valence-corrected chi connectivity index (χ4v) is 3.08. The maximum Gasteiger partial charge on any atom is 0.0919 e. The number of piperidine rings is 1. The molecule has 0 radical (unpaired) electrons. The van der Waals surface area contributed by atoms with Crippen molar-refractivity contribution in [3.63, 3.8) is 0 Å². The first-order chi connectivity index (χ1) is 9.47. The van der Waals surface area contributed by atoms with Crippen molar-refractivity contribution in [1.29, 1.82) is 0 Å². The van der Waals surface area contributed by atoms with Gasteiger partial charge < -0.3 is 15.1 Å². The first-order valence-corrected chi connectivity index (χ1v) is 7.63. The highest BCUT2D eigenvalue weighted by atomic mass is 16.3. The average Bonchev–Trinajstić information content (AvgIpc) is 2.42. The van der Waals surface area contributed by atoms with Crippen LogP contribution in [0.3, 0.4) is 0 Å². The Morgan fingerprint density at radius 3 is 2.45 bits per heavy atom. The summed E-state index contributed by atoms with van der Waals surface area (Å²) in [6, 6.07) is 6.25. The zero-order chi connectivity index (χ0) is 14.7. The predicted molar refractivity (Wildman–Crippen MR) is 81.7 cm³/mol. The molecule has 1 aromatic rings. The van der Waals surface area contributed by atoms with Crippen molar-refractivity contribution in [2.24, 2.45) is 5.92 Å². The van der Waals surface area contributed by atoms with Crippen LogP contribution < -0.4 is 0 Å². The van der Waals surface area contributed by atoms with Gasteiger partial charge in [0.05, 0.1) is 12.2 Å². The number of aliphatic hydroxyl groups is 2. The van der Waals surface area contributed by atoms with E-state index >= 15 is 0 Å². The second-order valence-electron chi connectivity index (χ2n) is 6.25. The van der Waals surface area contributed by atoms with Crippen LogP contribution in [0.5, 0.6) is 0 Å². The molecule has 2 rings (SSSR count). The lowest BCUT2D eigenvalue weighted by molar-refractivity contribution is 0.0484. The summed E-state index contributed by atoms with van der Waals surface area (Å²) in [6.45, 7) is 8.62. The summed E-state index contributed by atoms with van der Waals surface area (Å²) in [6.07, 6.45) is 1.42. The first-order valence-electron chi connectivity index (χ1n) is 7.63. The van der Waals surface area contributed by atoms with Gasteiger partial charge in [-0.3, -0.25) is 0 Å².